The summed E-state index contributed by atoms with van der Waals surface area (Å²) in [5, 5.41) is 10.6. The maximum Gasteiger partial charge on any atom is 0.305 e. The molecule has 1 aromatic carbocycles. The molecule has 1 fully saturated rings. The number of fused-ring (bicyclic) bond motifs is 1. The van der Waals surface area contributed by atoms with Crippen LogP contribution in [0, 0.1) is 0 Å². The van der Waals surface area contributed by atoms with E-state index >= 15 is 0 Å². The summed E-state index contributed by atoms with van der Waals surface area (Å²) in [5.74, 6) is -3.02. The van der Waals surface area contributed by atoms with Crippen molar-refractivity contribution < 1.29 is 52.8 Å². The monoisotopic (exact) mass is 522 g/mol. The molecule has 2 N–H and O–H groups in total. The maximum absolute atomic E-state index is 13.0. The van der Waals surface area contributed by atoms with Crippen LogP contribution < -0.4 is 10.1 Å². The Labute approximate surface area is 212 Å². The summed E-state index contributed by atoms with van der Waals surface area (Å²) in [5.41, 5.74) is 0.239. The predicted octanol–water partition coefficient (Wildman–Crippen LogP) is 0.00770. The highest BCUT2D eigenvalue weighted by atomic mass is 16.6. The fourth-order valence-corrected chi connectivity index (χ4v) is 3.74. The third-order valence-corrected chi connectivity index (χ3v) is 5.49. The largest absolute Gasteiger partial charge is 0.490 e. The highest BCUT2D eigenvalue weighted by Crippen LogP contribution is 2.33. The molecule has 0 aliphatic carbocycles. The average Bonchev–Trinajstić information content (AvgIpc) is 3.12. The number of carbonyl (C=O) groups excluding carboxylic acids is 4. The van der Waals surface area contributed by atoms with Crippen molar-refractivity contribution in [2.75, 3.05) is 59.5 Å². The van der Waals surface area contributed by atoms with Gasteiger partial charge in [-0.2, -0.15) is 0 Å². The maximum atomic E-state index is 13.0. The van der Waals surface area contributed by atoms with Crippen molar-refractivity contribution >= 4 is 29.6 Å². The fourth-order valence-electron chi connectivity index (χ4n) is 3.74. The second-order valence-electron chi connectivity index (χ2n) is 8.07. The minimum atomic E-state index is -1.04. The van der Waals surface area contributed by atoms with Crippen LogP contribution in [0.15, 0.2) is 18.2 Å². The molecule has 1 saturated heterocycles. The van der Waals surface area contributed by atoms with Gasteiger partial charge in [-0.3, -0.25) is 34.2 Å². The van der Waals surface area contributed by atoms with E-state index in [2.05, 4.69) is 5.32 Å². The third kappa shape index (κ3) is 8.05. The highest BCUT2D eigenvalue weighted by Gasteiger charge is 2.45. The number of carboxylic acids is 1. The van der Waals surface area contributed by atoms with Crippen molar-refractivity contribution in [2.24, 2.45) is 0 Å². The molecule has 13 nitrogen and oxygen atoms in total. The minimum Gasteiger partial charge on any atom is -0.490 e. The van der Waals surface area contributed by atoms with Gasteiger partial charge in [0.2, 0.25) is 11.8 Å². The topological polar surface area (TPSA) is 167 Å². The molecule has 1 aromatic rings. The first-order valence-electron chi connectivity index (χ1n) is 11.9. The van der Waals surface area contributed by atoms with Crippen LogP contribution in [0.3, 0.4) is 0 Å². The number of hydrogen-bond acceptors (Lipinski definition) is 10. The molecule has 2 aliphatic rings. The van der Waals surface area contributed by atoms with Crippen molar-refractivity contribution in [1.82, 2.24) is 10.2 Å². The molecule has 2 heterocycles. The predicted molar refractivity (Wildman–Crippen MR) is 124 cm³/mol. The molecule has 1 atom stereocenters. The number of rotatable bonds is 17. The number of carbonyl (C=O) groups is 5. The Morgan fingerprint density at radius 3 is 2.05 bits per heavy atom. The van der Waals surface area contributed by atoms with Crippen molar-refractivity contribution in [2.45, 2.75) is 25.3 Å². The number of amides is 4. The van der Waals surface area contributed by atoms with Crippen molar-refractivity contribution in [3.63, 3.8) is 0 Å². The first kappa shape index (κ1) is 28.2. The summed E-state index contributed by atoms with van der Waals surface area (Å²) in [6.07, 6.45) is 0.0897. The van der Waals surface area contributed by atoms with Gasteiger partial charge in [0.25, 0.3) is 11.8 Å². The van der Waals surface area contributed by atoms with E-state index in [0.717, 1.165) is 4.90 Å². The average molecular weight is 523 g/mol. The molecule has 37 heavy (non-hydrogen) atoms. The van der Waals surface area contributed by atoms with E-state index in [-0.39, 0.29) is 56.0 Å². The van der Waals surface area contributed by atoms with Gasteiger partial charge in [-0.1, -0.05) is 6.07 Å². The van der Waals surface area contributed by atoms with Crippen LogP contribution in [-0.2, 0) is 33.3 Å². The molecule has 3 rings (SSSR count). The van der Waals surface area contributed by atoms with Crippen LogP contribution in [0.1, 0.15) is 40.0 Å². The van der Waals surface area contributed by atoms with Gasteiger partial charge in [0.05, 0.1) is 70.4 Å². The van der Waals surface area contributed by atoms with Gasteiger partial charge in [-0.15, -0.1) is 0 Å². The van der Waals surface area contributed by atoms with Crippen molar-refractivity contribution in [1.29, 1.82) is 0 Å². The molecule has 4 amide bonds. The van der Waals surface area contributed by atoms with Gasteiger partial charge in [-0.25, -0.2) is 0 Å². The van der Waals surface area contributed by atoms with Crippen molar-refractivity contribution in [3.05, 3.63) is 29.3 Å². The molecule has 1 unspecified atom stereocenters. The van der Waals surface area contributed by atoms with E-state index in [4.69, 9.17) is 28.8 Å². The zero-order valence-corrected chi connectivity index (χ0v) is 20.3. The van der Waals surface area contributed by atoms with Gasteiger partial charge in [0, 0.05) is 6.42 Å². The number of imide groups is 2. The summed E-state index contributed by atoms with van der Waals surface area (Å²) < 4.78 is 26.9. The normalized spacial score (nSPS) is 17.2. The molecular formula is C24H30N2O11. The highest BCUT2D eigenvalue weighted by molar-refractivity contribution is 6.24. The molecule has 13 heteroatoms. The second kappa shape index (κ2) is 14.4. The Kier molecular flexibility index (Phi) is 11.0. The summed E-state index contributed by atoms with van der Waals surface area (Å²) in [4.78, 5) is 60.7. The third-order valence-electron chi connectivity index (χ3n) is 5.49. The summed E-state index contributed by atoms with van der Waals surface area (Å²) >= 11 is 0. The molecule has 202 valence electrons. The van der Waals surface area contributed by atoms with Crippen LogP contribution in [0.4, 0.5) is 0 Å². The molecule has 2 aliphatic heterocycles. The van der Waals surface area contributed by atoms with Crippen LogP contribution in [-0.4, -0.2) is 105 Å². The van der Waals surface area contributed by atoms with Gasteiger partial charge in [0.1, 0.15) is 18.4 Å². The number of piperidine rings is 1. The lowest BCUT2D eigenvalue weighted by molar-refractivity contribution is -0.138. The van der Waals surface area contributed by atoms with E-state index in [1.54, 1.807) is 12.1 Å². The number of hydrogen-bond donors (Lipinski definition) is 2. The van der Waals surface area contributed by atoms with Gasteiger partial charge in [0.15, 0.2) is 0 Å². The first-order chi connectivity index (χ1) is 17.9. The minimum absolute atomic E-state index is 0.0390. The second-order valence-corrected chi connectivity index (χ2v) is 8.07. The number of benzene rings is 1. The number of ether oxygens (including phenoxy) is 5. The lowest BCUT2D eigenvalue weighted by Crippen LogP contribution is -2.54. The van der Waals surface area contributed by atoms with Crippen LogP contribution >= 0.6 is 0 Å². The zero-order valence-electron chi connectivity index (χ0n) is 20.3. The zero-order chi connectivity index (χ0) is 26.6. The van der Waals surface area contributed by atoms with Crippen LogP contribution in [0.5, 0.6) is 5.75 Å². The standard InChI is InChI=1S/C24H30N2O11/c27-19-5-4-17(22(30)25-19)26-23(31)16-2-1-3-18(21(16)24(26)32)37-15-14-36-13-12-35-11-10-34-9-8-33-7-6-20(28)29/h1-3,17H,4-15H2,(H,28,29)(H,25,27,30). The molecule has 0 spiro atoms. The number of nitrogens with zero attached hydrogens (tertiary/aromatic N) is 1. The van der Waals surface area contributed by atoms with Gasteiger partial charge < -0.3 is 28.8 Å². The quantitative estimate of drug-likeness (QED) is 0.209. The summed E-state index contributed by atoms with van der Waals surface area (Å²) in [6.45, 7) is 2.55. The SMILES string of the molecule is O=C(O)CCOCCOCCOCCOCCOc1cccc2c1C(=O)N(C1CCC(=O)NC1=O)C2=O. The molecule has 0 bridgehead atoms. The van der Waals surface area contributed by atoms with E-state index in [1.165, 1.54) is 6.07 Å². The van der Waals surface area contributed by atoms with E-state index < -0.39 is 35.6 Å². The van der Waals surface area contributed by atoms with Gasteiger partial charge in [-0.05, 0) is 18.6 Å². The Balaban J connectivity index is 1.30. The van der Waals surface area contributed by atoms with Crippen molar-refractivity contribution in [3.8, 4) is 5.75 Å². The van der Waals surface area contributed by atoms with E-state index in [9.17, 15) is 24.0 Å². The molecule has 0 saturated carbocycles. The van der Waals surface area contributed by atoms with Gasteiger partial charge >= 0.3 is 5.97 Å². The summed E-state index contributed by atoms with van der Waals surface area (Å²) in [6, 6.07) is 3.62. The molecular weight excluding hydrogens is 492 g/mol. The van der Waals surface area contributed by atoms with Crippen LogP contribution in [0.25, 0.3) is 0 Å². The Bertz CT molecular complexity index is 997. The molecule has 0 aromatic heterocycles. The number of nitrogens with one attached hydrogen (secondary N) is 1. The molecule has 0 radical (unpaired) electrons. The van der Waals surface area contributed by atoms with Crippen LogP contribution in [0.2, 0.25) is 0 Å². The fraction of sp³-hybridized carbons (Fsp3) is 0.542. The lowest BCUT2D eigenvalue weighted by atomic mass is 10.0. The Hall–Kier alpha value is -3.39. The summed E-state index contributed by atoms with van der Waals surface area (Å²) in [7, 11) is 0. The Morgan fingerprint density at radius 1 is 0.865 bits per heavy atom. The lowest BCUT2D eigenvalue weighted by Gasteiger charge is -2.27. The smallest absolute Gasteiger partial charge is 0.305 e. The van der Waals surface area contributed by atoms with E-state index in [1.807, 2.05) is 0 Å². The first-order valence-corrected chi connectivity index (χ1v) is 11.9. The Morgan fingerprint density at radius 2 is 1.46 bits per heavy atom. The number of aliphatic carboxylic acids is 1. The van der Waals surface area contributed by atoms with E-state index in [0.29, 0.717) is 39.6 Å². The number of carboxylic acid groups (broad SMARTS) is 1.